The van der Waals surface area contributed by atoms with E-state index in [4.69, 9.17) is 4.74 Å². The first-order valence-corrected chi connectivity index (χ1v) is 5.12. The monoisotopic (exact) mass is 204 g/mol. The lowest BCUT2D eigenvalue weighted by molar-refractivity contribution is 0.414. The summed E-state index contributed by atoms with van der Waals surface area (Å²) in [5.74, 6) is 0.0248. The standard InChI is InChI=1S/C8H9FO3S/c1-12-8-4-2-7(3-5-8)6-13(9,10)11/h2-5H,6H2,1H3. The molecule has 0 heterocycles. The number of rotatable bonds is 3. The maximum Gasteiger partial charge on any atom is 0.306 e. The van der Waals surface area contributed by atoms with Crippen LogP contribution >= 0.6 is 0 Å². The maximum absolute atomic E-state index is 12.2. The third-order valence-corrected chi connectivity index (χ3v) is 2.18. The van der Waals surface area contributed by atoms with Crippen LogP contribution in [0.15, 0.2) is 24.3 Å². The molecular formula is C8H9FO3S. The fourth-order valence-corrected chi connectivity index (χ4v) is 1.51. The molecule has 0 saturated carbocycles. The van der Waals surface area contributed by atoms with Crippen molar-refractivity contribution in [3.8, 4) is 5.75 Å². The third kappa shape index (κ3) is 3.42. The molecule has 0 aromatic heterocycles. The van der Waals surface area contributed by atoms with E-state index >= 15 is 0 Å². The molecule has 0 unspecified atom stereocenters. The van der Waals surface area contributed by atoms with Crippen molar-refractivity contribution in [3.63, 3.8) is 0 Å². The second kappa shape index (κ2) is 3.74. The zero-order chi connectivity index (χ0) is 9.90. The van der Waals surface area contributed by atoms with Gasteiger partial charge in [-0.15, -0.1) is 3.89 Å². The molecule has 0 N–H and O–H groups in total. The fourth-order valence-electron chi connectivity index (χ4n) is 0.921. The van der Waals surface area contributed by atoms with Crippen molar-refractivity contribution in [1.29, 1.82) is 0 Å². The molecule has 0 aliphatic heterocycles. The van der Waals surface area contributed by atoms with Gasteiger partial charge in [-0.25, -0.2) is 0 Å². The molecule has 1 aromatic rings. The number of benzene rings is 1. The summed E-state index contributed by atoms with van der Waals surface area (Å²) in [6, 6.07) is 6.19. The van der Waals surface area contributed by atoms with Gasteiger partial charge in [0.2, 0.25) is 0 Å². The lowest BCUT2D eigenvalue weighted by Gasteiger charge is -2.00. The SMILES string of the molecule is COc1ccc(CS(=O)(=O)F)cc1. The predicted molar refractivity (Wildman–Crippen MR) is 46.7 cm³/mol. The molecule has 1 aromatic carbocycles. The highest BCUT2D eigenvalue weighted by Gasteiger charge is 2.08. The lowest BCUT2D eigenvalue weighted by atomic mass is 10.2. The molecular weight excluding hydrogens is 195 g/mol. The first kappa shape index (κ1) is 9.98. The lowest BCUT2D eigenvalue weighted by Crippen LogP contribution is -1.95. The second-order valence-electron chi connectivity index (χ2n) is 2.53. The van der Waals surface area contributed by atoms with E-state index in [1.54, 1.807) is 12.1 Å². The summed E-state index contributed by atoms with van der Waals surface area (Å²) < 4.78 is 37.6. The highest BCUT2D eigenvalue weighted by molar-refractivity contribution is 7.85. The van der Waals surface area contributed by atoms with Crippen LogP contribution in [0.3, 0.4) is 0 Å². The largest absolute Gasteiger partial charge is 0.497 e. The Morgan fingerprint density at radius 3 is 2.23 bits per heavy atom. The first-order valence-electron chi connectivity index (χ1n) is 3.56. The molecule has 3 nitrogen and oxygen atoms in total. The van der Waals surface area contributed by atoms with Crippen LogP contribution in [-0.2, 0) is 16.0 Å². The van der Waals surface area contributed by atoms with Crippen LogP contribution in [0.4, 0.5) is 3.89 Å². The van der Waals surface area contributed by atoms with Crippen LogP contribution in [0.5, 0.6) is 5.75 Å². The van der Waals surface area contributed by atoms with Gasteiger partial charge in [0.05, 0.1) is 7.11 Å². The smallest absolute Gasteiger partial charge is 0.306 e. The first-order chi connectivity index (χ1) is 6.01. The third-order valence-electron chi connectivity index (χ3n) is 1.50. The van der Waals surface area contributed by atoms with Crippen molar-refractivity contribution < 1.29 is 17.0 Å². The summed E-state index contributed by atoms with van der Waals surface area (Å²) in [5.41, 5.74) is 0.406. The molecule has 0 radical (unpaired) electrons. The second-order valence-corrected chi connectivity index (χ2v) is 3.90. The molecule has 0 aliphatic carbocycles. The summed E-state index contributed by atoms with van der Waals surface area (Å²) in [5, 5.41) is 0. The van der Waals surface area contributed by atoms with Gasteiger partial charge in [-0.1, -0.05) is 12.1 Å². The molecule has 0 fully saturated rings. The van der Waals surface area contributed by atoms with E-state index in [-0.39, 0.29) is 0 Å². The average Bonchev–Trinajstić information content (AvgIpc) is 2.03. The van der Waals surface area contributed by atoms with E-state index in [0.29, 0.717) is 11.3 Å². The Bertz CT molecular complexity index is 369. The van der Waals surface area contributed by atoms with Gasteiger partial charge in [-0.05, 0) is 17.7 Å². The zero-order valence-corrected chi connectivity index (χ0v) is 7.84. The molecule has 0 atom stereocenters. The summed E-state index contributed by atoms with van der Waals surface area (Å²) in [6.07, 6.45) is 0. The molecule has 13 heavy (non-hydrogen) atoms. The molecule has 1 rings (SSSR count). The van der Waals surface area contributed by atoms with Gasteiger partial charge in [-0.3, -0.25) is 0 Å². The van der Waals surface area contributed by atoms with Crippen molar-refractivity contribution in [2.75, 3.05) is 7.11 Å². The topological polar surface area (TPSA) is 43.4 Å². The summed E-state index contributed by atoms with van der Waals surface area (Å²) >= 11 is 0. The number of halogens is 1. The Morgan fingerprint density at radius 1 is 1.31 bits per heavy atom. The Kier molecular flexibility index (Phi) is 2.87. The van der Waals surface area contributed by atoms with Crippen LogP contribution in [-0.4, -0.2) is 15.5 Å². The minimum Gasteiger partial charge on any atom is -0.497 e. The fraction of sp³-hybridized carbons (Fsp3) is 0.250. The van der Waals surface area contributed by atoms with E-state index < -0.39 is 16.0 Å². The number of hydrogen-bond acceptors (Lipinski definition) is 3. The average molecular weight is 204 g/mol. The van der Waals surface area contributed by atoms with Crippen molar-refractivity contribution in [2.24, 2.45) is 0 Å². The van der Waals surface area contributed by atoms with Gasteiger partial charge in [0, 0.05) is 0 Å². The van der Waals surface area contributed by atoms with Gasteiger partial charge in [-0.2, -0.15) is 8.42 Å². The predicted octanol–water partition coefficient (Wildman–Crippen LogP) is 1.49. The highest BCUT2D eigenvalue weighted by Crippen LogP contribution is 2.13. The van der Waals surface area contributed by atoms with Crippen molar-refractivity contribution >= 4 is 10.2 Å². The molecule has 0 amide bonds. The minimum atomic E-state index is -4.44. The van der Waals surface area contributed by atoms with Crippen molar-refractivity contribution in [3.05, 3.63) is 29.8 Å². The van der Waals surface area contributed by atoms with Gasteiger partial charge < -0.3 is 4.74 Å². The highest BCUT2D eigenvalue weighted by atomic mass is 32.3. The summed E-state index contributed by atoms with van der Waals surface area (Å²) in [7, 11) is -2.94. The zero-order valence-electron chi connectivity index (χ0n) is 7.03. The van der Waals surface area contributed by atoms with Gasteiger partial charge in [0.1, 0.15) is 11.5 Å². The molecule has 0 aliphatic rings. The van der Waals surface area contributed by atoms with Crippen LogP contribution in [0, 0.1) is 0 Å². The quantitative estimate of drug-likeness (QED) is 0.701. The Hall–Kier alpha value is -1.10. The molecule has 72 valence electrons. The summed E-state index contributed by atoms with van der Waals surface area (Å²) in [4.78, 5) is 0. The van der Waals surface area contributed by atoms with Crippen LogP contribution in [0.2, 0.25) is 0 Å². The molecule has 0 saturated heterocycles. The van der Waals surface area contributed by atoms with Crippen LogP contribution in [0.1, 0.15) is 5.56 Å². The van der Waals surface area contributed by atoms with Gasteiger partial charge in [0.25, 0.3) is 0 Å². The Morgan fingerprint density at radius 2 is 1.85 bits per heavy atom. The van der Waals surface area contributed by atoms with Crippen LogP contribution < -0.4 is 4.74 Å². The van der Waals surface area contributed by atoms with Crippen molar-refractivity contribution in [2.45, 2.75) is 5.75 Å². The number of hydrogen-bond donors (Lipinski definition) is 0. The van der Waals surface area contributed by atoms with Crippen molar-refractivity contribution in [1.82, 2.24) is 0 Å². The van der Waals surface area contributed by atoms with Gasteiger partial charge in [0.15, 0.2) is 0 Å². The number of methoxy groups -OCH3 is 1. The minimum absolute atomic E-state index is 0.406. The summed E-state index contributed by atoms with van der Waals surface area (Å²) in [6.45, 7) is 0. The number of ether oxygens (including phenoxy) is 1. The maximum atomic E-state index is 12.2. The van der Waals surface area contributed by atoms with E-state index in [1.165, 1.54) is 19.2 Å². The van der Waals surface area contributed by atoms with E-state index in [1.807, 2.05) is 0 Å². The Labute approximate surface area is 76.4 Å². The normalized spacial score (nSPS) is 11.2. The molecule has 5 heteroatoms. The van der Waals surface area contributed by atoms with E-state index in [9.17, 15) is 12.3 Å². The molecule has 0 spiro atoms. The van der Waals surface area contributed by atoms with Gasteiger partial charge >= 0.3 is 10.2 Å². The van der Waals surface area contributed by atoms with E-state index in [2.05, 4.69) is 0 Å². The van der Waals surface area contributed by atoms with E-state index in [0.717, 1.165) is 0 Å². The van der Waals surface area contributed by atoms with Crippen LogP contribution in [0.25, 0.3) is 0 Å². The molecule has 0 bridgehead atoms. The Balaban J connectivity index is 2.81.